The number of carbonyl (C=O) groups is 2. The van der Waals surface area contributed by atoms with E-state index < -0.39 is 12.0 Å². The molecule has 1 aromatic carbocycles. The van der Waals surface area contributed by atoms with E-state index in [1.807, 2.05) is 49.3 Å². The Labute approximate surface area is 124 Å². The van der Waals surface area contributed by atoms with Crippen LogP contribution in [0.1, 0.15) is 24.4 Å². The number of carboxylic acid groups (broad SMARTS) is 1. The van der Waals surface area contributed by atoms with Crippen molar-refractivity contribution in [2.24, 2.45) is 5.73 Å². The van der Waals surface area contributed by atoms with Crippen molar-refractivity contribution >= 4 is 11.9 Å². The Morgan fingerprint density at radius 1 is 1.29 bits per heavy atom. The molecule has 0 bridgehead atoms. The first-order valence-corrected chi connectivity index (χ1v) is 6.88. The SMILES string of the molecule is CN(C)C(CNC(=O)C(N)CCC(=O)O)c1ccccc1. The zero-order chi connectivity index (χ0) is 15.8. The fraction of sp³-hybridized carbons (Fsp3) is 0.467. The highest BCUT2D eigenvalue weighted by atomic mass is 16.4. The molecular weight excluding hydrogens is 270 g/mol. The predicted octanol–water partition coefficient (Wildman–Crippen LogP) is 0.598. The maximum Gasteiger partial charge on any atom is 0.303 e. The van der Waals surface area contributed by atoms with Crippen LogP contribution < -0.4 is 11.1 Å². The van der Waals surface area contributed by atoms with Gasteiger partial charge in [0.2, 0.25) is 5.91 Å². The van der Waals surface area contributed by atoms with Crippen LogP contribution >= 0.6 is 0 Å². The highest BCUT2D eigenvalue weighted by Crippen LogP contribution is 2.16. The van der Waals surface area contributed by atoms with Gasteiger partial charge in [0.1, 0.15) is 0 Å². The van der Waals surface area contributed by atoms with E-state index in [0.717, 1.165) is 5.56 Å². The van der Waals surface area contributed by atoms with Gasteiger partial charge < -0.3 is 21.1 Å². The smallest absolute Gasteiger partial charge is 0.303 e. The van der Waals surface area contributed by atoms with Gasteiger partial charge in [-0.25, -0.2) is 0 Å². The zero-order valence-corrected chi connectivity index (χ0v) is 12.5. The molecule has 2 atom stereocenters. The number of hydrogen-bond acceptors (Lipinski definition) is 4. The Bertz CT molecular complexity index is 462. The van der Waals surface area contributed by atoms with Crippen LogP contribution in [-0.4, -0.2) is 48.6 Å². The summed E-state index contributed by atoms with van der Waals surface area (Å²) in [6, 6.07) is 9.10. The van der Waals surface area contributed by atoms with Crippen LogP contribution in [0.2, 0.25) is 0 Å². The van der Waals surface area contributed by atoms with Gasteiger partial charge in [0.25, 0.3) is 0 Å². The number of aliphatic carboxylic acids is 1. The number of carboxylic acids is 1. The quantitative estimate of drug-likeness (QED) is 0.652. The van der Waals surface area contributed by atoms with Gasteiger partial charge in [-0.3, -0.25) is 9.59 Å². The lowest BCUT2D eigenvalue weighted by atomic mass is 10.1. The Hall–Kier alpha value is -1.92. The number of nitrogens with two attached hydrogens (primary N) is 1. The average Bonchev–Trinajstić information content (AvgIpc) is 2.45. The third kappa shape index (κ3) is 5.93. The van der Waals surface area contributed by atoms with E-state index in [1.54, 1.807) is 0 Å². The lowest BCUT2D eigenvalue weighted by Gasteiger charge is -2.25. The molecular formula is C15H23N3O3. The predicted molar refractivity (Wildman–Crippen MR) is 80.7 cm³/mol. The summed E-state index contributed by atoms with van der Waals surface area (Å²) in [5, 5.41) is 11.4. The Balaban J connectivity index is 2.54. The zero-order valence-electron chi connectivity index (χ0n) is 12.5. The minimum Gasteiger partial charge on any atom is -0.481 e. The van der Waals surface area contributed by atoms with Crippen molar-refractivity contribution in [1.82, 2.24) is 10.2 Å². The highest BCUT2D eigenvalue weighted by molar-refractivity contribution is 5.82. The standard InChI is InChI=1S/C15H23N3O3/c1-18(2)13(11-6-4-3-5-7-11)10-17-15(21)12(16)8-9-14(19)20/h3-7,12-13H,8-10,16H2,1-2H3,(H,17,21)(H,19,20). The third-order valence-corrected chi connectivity index (χ3v) is 3.28. The van der Waals surface area contributed by atoms with E-state index in [4.69, 9.17) is 10.8 Å². The molecule has 1 amide bonds. The maximum atomic E-state index is 11.9. The molecule has 0 spiro atoms. The van der Waals surface area contributed by atoms with Gasteiger partial charge in [-0.15, -0.1) is 0 Å². The van der Waals surface area contributed by atoms with Crippen molar-refractivity contribution in [2.45, 2.75) is 24.9 Å². The molecule has 0 radical (unpaired) electrons. The summed E-state index contributed by atoms with van der Waals surface area (Å²) in [4.78, 5) is 24.4. The molecule has 0 aliphatic carbocycles. The molecule has 0 heterocycles. The van der Waals surface area contributed by atoms with Crippen LogP contribution in [0.25, 0.3) is 0 Å². The van der Waals surface area contributed by atoms with Gasteiger partial charge >= 0.3 is 5.97 Å². The van der Waals surface area contributed by atoms with Crippen LogP contribution in [0, 0.1) is 0 Å². The first kappa shape index (κ1) is 17.1. The molecule has 1 rings (SSSR count). The van der Waals surface area contributed by atoms with E-state index in [0.29, 0.717) is 6.54 Å². The molecule has 0 aliphatic rings. The Morgan fingerprint density at radius 2 is 1.90 bits per heavy atom. The van der Waals surface area contributed by atoms with Crippen molar-refractivity contribution in [2.75, 3.05) is 20.6 Å². The summed E-state index contributed by atoms with van der Waals surface area (Å²) in [6.45, 7) is 0.427. The van der Waals surface area contributed by atoms with Gasteiger partial charge in [-0.05, 0) is 26.1 Å². The first-order chi connectivity index (χ1) is 9.91. The Morgan fingerprint density at radius 3 is 2.43 bits per heavy atom. The second-order valence-corrected chi connectivity index (χ2v) is 5.17. The summed E-state index contributed by atoms with van der Waals surface area (Å²) >= 11 is 0. The number of hydrogen-bond donors (Lipinski definition) is 3. The average molecular weight is 293 g/mol. The molecule has 0 aromatic heterocycles. The summed E-state index contributed by atoms with van der Waals surface area (Å²) in [6.07, 6.45) is 0.0313. The monoisotopic (exact) mass is 293 g/mol. The first-order valence-electron chi connectivity index (χ1n) is 6.88. The molecule has 0 saturated carbocycles. The van der Waals surface area contributed by atoms with E-state index >= 15 is 0 Å². The highest BCUT2D eigenvalue weighted by Gasteiger charge is 2.18. The van der Waals surface area contributed by atoms with Gasteiger partial charge in [0, 0.05) is 13.0 Å². The summed E-state index contributed by atoms with van der Waals surface area (Å²) < 4.78 is 0. The van der Waals surface area contributed by atoms with Crippen LogP contribution in [0.15, 0.2) is 30.3 Å². The molecule has 116 valence electrons. The number of carbonyl (C=O) groups excluding carboxylic acids is 1. The second-order valence-electron chi connectivity index (χ2n) is 5.17. The molecule has 6 nitrogen and oxygen atoms in total. The fourth-order valence-electron chi connectivity index (χ4n) is 2.01. The summed E-state index contributed by atoms with van der Waals surface area (Å²) in [5.41, 5.74) is 6.78. The minimum absolute atomic E-state index is 0.0434. The topological polar surface area (TPSA) is 95.7 Å². The molecule has 2 unspecified atom stereocenters. The number of benzene rings is 1. The second kappa shape index (κ2) is 8.39. The number of rotatable bonds is 8. The van der Waals surface area contributed by atoms with E-state index in [1.165, 1.54) is 0 Å². The van der Waals surface area contributed by atoms with Gasteiger partial charge in [-0.1, -0.05) is 30.3 Å². The van der Waals surface area contributed by atoms with Crippen LogP contribution in [0.4, 0.5) is 0 Å². The number of likely N-dealkylation sites (N-methyl/N-ethyl adjacent to an activating group) is 1. The largest absolute Gasteiger partial charge is 0.481 e. The molecule has 1 aromatic rings. The normalized spacial score (nSPS) is 13.7. The molecule has 4 N–H and O–H groups in total. The van der Waals surface area contributed by atoms with Crippen LogP contribution in [-0.2, 0) is 9.59 Å². The summed E-state index contributed by atoms with van der Waals surface area (Å²) in [7, 11) is 3.88. The van der Waals surface area contributed by atoms with Crippen molar-refractivity contribution in [3.63, 3.8) is 0 Å². The van der Waals surface area contributed by atoms with Gasteiger partial charge in [0.05, 0.1) is 12.1 Å². The molecule has 0 fully saturated rings. The van der Waals surface area contributed by atoms with Crippen LogP contribution in [0.3, 0.4) is 0 Å². The summed E-state index contributed by atoms with van der Waals surface area (Å²) in [5.74, 6) is -1.27. The van der Waals surface area contributed by atoms with Crippen molar-refractivity contribution in [3.05, 3.63) is 35.9 Å². The third-order valence-electron chi connectivity index (χ3n) is 3.28. The van der Waals surface area contributed by atoms with Crippen molar-refractivity contribution in [3.8, 4) is 0 Å². The van der Waals surface area contributed by atoms with E-state index in [-0.39, 0.29) is 24.8 Å². The van der Waals surface area contributed by atoms with E-state index in [9.17, 15) is 9.59 Å². The van der Waals surface area contributed by atoms with Gasteiger partial charge in [-0.2, -0.15) is 0 Å². The number of nitrogens with zero attached hydrogens (tertiary/aromatic N) is 1. The van der Waals surface area contributed by atoms with Gasteiger partial charge in [0.15, 0.2) is 0 Å². The van der Waals surface area contributed by atoms with Crippen molar-refractivity contribution in [1.29, 1.82) is 0 Å². The van der Waals surface area contributed by atoms with Crippen LogP contribution in [0.5, 0.6) is 0 Å². The lowest BCUT2D eigenvalue weighted by Crippen LogP contribution is -2.44. The molecule has 6 heteroatoms. The molecule has 21 heavy (non-hydrogen) atoms. The number of amides is 1. The fourth-order valence-corrected chi connectivity index (χ4v) is 2.01. The Kier molecular flexibility index (Phi) is 6.84. The number of nitrogens with one attached hydrogen (secondary N) is 1. The lowest BCUT2D eigenvalue weighted by molar-refractivity contribution is -0.137. The maximum absolute atomic E-state index is 11.9. The van der Waals surface area contributed by atoms with Crippen molar-refractivity contribution < 1.29 is 14.7 Å². The minimum atomic E-state index is -0.950. The van der Waals surface area contributed by atoms with E-state index in [2.05, 4.69) is 5.32 Å². The molecule has 0 saturated heterocycles. The molecule has 0 aliphatic heterocycles.